The number of hydrogen-bond acceptors (Lipinski definition) is 5. The summed E-state index contributed by atoms with van der Waals surface area (Å²) in [5.74, 6) is 1.73. The number of rotatable bonds is 7. The van der Waals surface area contributed by atoms with Crippen molar-refractivity contribution in [3.63, 3.8) is 0 Å². The summed E-state index contributed by atoms with van der Waals surface area (Å²) in [6.07, 6.45) is 4.72. The van der Waals surface area contributed by atoms with E-state index >= 15 is 0 Å². The zero-order valence-electron chi connectivity index (χ0n) is 21.1. The van der Waals surface area contributed by atoms with Crippen LogP contribution in [0.25, 0.3) is 11.1 Å². The molecule has 1 amide bonds. The molecular weight excluding hydrogens is 464 g/mol. The summed E-state index contributed by atoms with van der Waals surface area (Å²) >= 11 is 0. The standard InChI is InChI=1S/C30H30N4O3/c1-36-24-10-6-20(7-11-24)18-33-19-27-26-12-9-23(16-21(26)8-13-28(27)32-33)34-15-14-29(30(34)35)31-22-4-3-5-25(17-22)37-2/h3-7,9-12,16-17,19,29,31H,8,13-15,18H2,1-2H3/t29-/m0/s1. The van der Waals surface area contributed by atoms with Crippen LogP contribution in [0.3, 0.4) is 0 Å². The predicted molar refractivity (Wildman–Crippen MR) is 145 cm³/mol. The van der Waals surface area contributed by atoms with E-state index in [1.165, 1.54) is 22.3 Å². The third-order valence-electron chi connectivity index (χ3n) is 7.28. The Morgan fingerprint density at radius 1 is 0.946 bits per heavy atom. The molecule has 7 heteroatoms. The van der Waals surface area contributed by atoms with E-state index in [4.69, 9.17) is 14.6 Å². The molecule has 4 aromatic rings. The van der Waals surface area contributed by atoms with Gasteiger partial charge in [0.1, 0.15) is 17.5 Å². The smallest absolute Gasteiger partial charge is 0.249 e. The Morgan fingerprint density at radius 3 is 2.59 bits per heavy atom. The van der Waals surface area contributed by atoms with Gasteiger partial charge in [-0.05, 0) is 72.4 Å². The van der Waals surface area contributed by atoms with Crippen molar-refractivity contribution >= 4 is 17.3 Å². The van der Waals surface area contributed by atoms with Crippen LogP contribution in [0.15, 0.2) is 72.9 Å². The van der Waals surface area contributed by atoms with Crippen LogP contribution in [-0.2, 0) is 24.2 Å². The molecule has 1 N–H and O–H groups in total. The lowest BCUT2D eigenvalue weighted by molar-refractivity contribution is -0.117. The molecule has 3 aromatic carbocycles. The van der Waals surface area contributed by atoms with Gasteiger partial charge in [-0.25, -0.2) is 0 Å². The number of carbonyl (C=O) groups is 1. The number of benzene rings is 3. The molecule has 0 unspecified atom stereocenters. The molecule has 1 fully saturated rings. The Balaban J connectivity index is 1.18. The SMILES string of the molecule is COc1ccc(Cn2cc3c(n2)CCc2cc(N4CC[C@H](Nc5cccc(OC)c5)C4=O)ccc2-3)cc1. The van der Waals surface area contributed by atoms with Crippen LogP contribution < -0.4 is 19.7 Å². The molecule has 2 heterocycles. The minimum Gasteiger partial charge on any atom is -0.497 e. The van der Waals surface area contributed by atoms with E-state index < -0.39 is 0 Å². The zero-order valence-corrected chi connectivity index (χ0v) is 21.1. The monoisotopic (exact) mass is 494 g/mol. The normalized spacial score (nSPS) is 16.3. The van der Waals surface area contributed by atoms with Gasteiger partial charge < -0.3 is 19.7 Å². The van der Waals surface area contributed by atoms with Crippen LogP contribution in [-0.4, -0.2) is 42.5 Å². The maximum absolute atomic E-state index is 13.3. The fourth-order valence-corrected chi connectivity index (χ4v) is 5.32. The molecule has 1 aliphatic carbocycles. The van der Waals surface area contributed by atoms with Crippen molar-refractivity contribution in [2.75, 3.05) is 31.0 Å². The van der Waals surface area contributed by atoms with E-state index in [0.29, 0.717) is 13.1 Å². The van der Waals surface area contributed by atoms with Crippen molar-refractivity contribution < 1.29 is 14.3 Å². The lowest BCUT2D eigenvalue weighted by Gasteiger charge is -2.21. The van der Waals surface area contributed by atoms with E-state index in [9.17, 15) is 4.79 Å². The van der Waals surface area contributed by atoms with Gasteiger partial charge in [0.15, 0.2) is 0 Å². The zero-order chi connectivity index (χ0) is 25.4. The second-order valence-corrected chi connectivity index (χ2v) is 9.58. The summed E-state index contributed by atoms with van der Waals surface area (Å²) in [4.78, 5) is 15.2. The molecule has 188 valence electrons. The van der Waals surface area contributed by atoms with Gasteiger partial charge in [0.05, 0.1) is 26.5 Å². The number of amides is 1. The second-order valence-electron chi connectivity index (χ2n) is 9.58. The highest BCUT2D eigenvalue weighted by molar-refractivity contribution is 6.01. The molecule has 6 rings (SSSR count). The Morgan fingerprint density at radius 2 is 1.78 bits per heavy atom. The van der Waals surface area contributed by atoms with Crippen LogP contribution in [0, 0.1) is 0 Å². The molecule has 1 aromatic heterocycles. The van der Waals surface area contributed by atoms with Crippen molar-refractivity contribution in [2.45, 2.75) is 31.8 Å². The van der Waals surface area contributed by atoms with Gasteiger partial charge in [0, 0.05) is 35.7 Å². The number of nitrogens with zero attached hydrogens (tertiary/aromatic N) is 3. The molecule has 0 radical (unpaired) electrons. The van der Waals surface area contributed by atoms with E-state index in [-0.39, 0.29) is 11.9 Å². The fourth-order valence-electron chi connectivity index (χ4n) is 5.32. The maximum Gasteiger partial charge on any atom is 0.249 e. The molecule has 2 aliphatic rings. The summed E-state index contributed by atoms with van der Waals surface area (Å²) in [7, 11) is 3.32. The average molecular weight is 495 g/mol. The number of fused-ring (bicyclic) bond motifs is 3. The fraction of sp³-hybridized carbons (Fsp3) is 0.267. The number of methoxy groups -OCH3 is 2. The number of hydrogen-bond donors (Lipinski definition) is 1. The van der Waals surface area contributed by atoms with Crippen LogP contribution in [0.2, 0.25) is 0 Å². The maximum atomic E-state index is 13.3. The quantitative estimate of drug-likeness (QED) is 0.395. The molecule has 1 aliphatic heterocycles. The van der Waals surface area contributed by atoms with Crippen molar-refractivity contribution in [3.05, 3.63) is 89.7 Å². The van der Waals surface area contributed by atoms with Crippen LogP contribution >= 0.6 is 0 Å². The number of aryl methyl sites for hydroxylation is 2. The highest BCUT2D eigenvalue weighted by atomic mass is 16.5. The third-order valence-corrected chi connectivity index (χ3v) is 7.28. The summed E-state index contributed by atoms with van der Waals surface area (Å²) in [5.41, 5.74) is 7.84. The molecule has 7 nitrogen and oxygen atoms in total. The van der Waals surface area contributed by atoms with E-state index in [2.05, 4.69) is 41.8 Å². The Labute approximate surface area is 216 Å². The number of anilines is 2. The largest absolute Gasteiger partial charge is 0.497 e. The van der Waals surface area contributed by atoms with Crippen molar-refractivity contribution in [2.24, 2.45) is 0 Å². The van der Waals surface area contributed by atoms with Crippen LogP contribution in [0.1, 0.15) is 23.2 Å². The van der Waals surface area contributed by atoms with Crippen molar-refractivity contribution in [3.8, 4) is 22.6 Å². The Kier molecular flexibility index (Phi) is 6.04. The topological polar surface area (TPSA) is 68.6 Å². The Bertz CT molecular complexity index is 1440. The van der Waals surface area contributed by atoms with E-state index in [0.717, 1.165) is 47.8 Å². The Hall–Kier alpha value is -4.26. The first-order chi connectivity index (χ1) is 18.1. The first-order valence-corrected chi connectivity index (χ1v) is 12.7. The molecule has 1 atom stereocenters. The molecule has 0 saturated carbocycles. The predicted octanol–water partition coefficient (Wildman–Crippen LogP) is 4.93. The summed E-state index contributed by atoms with van der Waals surface area (Å²) in [6.45, 7) is 1.42. The number of carbonyl (C=O) groups excluding carboxylic acids is 1. The van der Waals surface area contributed by atoms with Gasteiger partial charge in [0.25, 0.3) is 0 Å². The van der Waals surface area contributed by atoms with E-state index in [1.54, 1.807) is 14.2 Å². The molecular formula is C30H30N4O3. The first-order valence-electron chi connectivity index (χ1n) is 12.7. The molecule has 0 spiro atoms. The van der Waals surface area contributed by atoms with Crippen molar-refractivity contribution in [1.82, 2.24) is 9.78 Å². The van der Waals surface area contributed by atoms with Crippen LogP contribution in [0.5, 0.6) is 11.5 Å². The van der Waals surface area contributed by atoms with Gasteiger partial charge in [-0.15, -0.1) is 0 Å². The number of nitrogens with one attached hydrogen (secondary N) is 1. The highest BCUT2D eigenvalue weighted by Gasteiger charge is 2.33. The second kappa shape index (κ2) is 9.65. The number of aromatic nitrogens is 2. The minimum absolute atomic E-state index is 0.103. The molecule has 1 saturated heterocycles. The molecule has 0 bridgehead atoms. The van der Waals surface area contributed by atoms with Gasteiger partial charge in [0.2, 0.25) is 5.91 Å². The molecule has 37 heavy (non-hydrogen) atoms. The van der Waals surface area contributed by atoms with Gasteiger partial charge in [-0.2, -0.15) is 5.10 Å². The number of ether oxygens (including phenoxy) is 2. The summed E-state index contributed by atoms with van der Waals surface area (Å²) in [5, 5.41) is 8.25. The van der Waals surface area contributed by atoms with Gasteiger partial charge in [-0.3, -0.25) is 9.48 Å². The third kappa shape index (κ3) is 4.53. The lowest BCUT2D eigenvalue weighted by atomic mass is 9.89. The van der Waals surface area contributed by atoms with Crippen molar-refractivity contribution in [1.29, 1.82) is 0 Å². The van der Waals surface area contributed by atoms with Crippen LogP contribution in [0.4, 0.5) is 11.4 Å². The van der Waals surface area contributed by atoms with Gasteiger partial charge in [-0.1, -0.05) is 24.3 Å². The summed E-state index contributed by atoms with van der Waals surface area (Å²) < 4.78 is 12.6. The highest BCUT2D eigenvalue weighted by Crippen LogP contribution is 2.36. The van der Waals surface area contributed by atoms with E-state index in [1.807, 2.05) is 46.0 Å². The lowest BCUT2D eigenvalue weighted by Crippen LogP contribution is -2.33. The first kappa shape index (κ1) is 23.2. The van der Waals surface area contributed by atoms with Gasteiger partial charge >= 0.3 is 0 Å². The average Bonchev–Trinajstić information content (AvgIpc) is 3.51. The minimum atomic E-state index is -0.245. The summed E-state index contributed by atoms with van der Waals surface area (Å²) in [6, 6.07) is 22.0.